The fourth-order valence-electron chi connectivity index (χ4n) is 3.13. The van der Waals surface area contributed by atoms with E-state index in [9.17, 15) is 0 Å². The maximum absolute atomic E-state index is 9.16. The van der Waals surface area contributed by atoms with Crippen molar-refractivity contribution in [1.29, 1.82) is 0 Å². The molecule has 1 aliphatic rings. The van der Waals surface area contributed by atoms with Crippen LogP contribution in [0.2, 0.25) is 0 Å². The minimum Gasteiger partial charge on any atom is -0.396 e. The van der Waals surface area contributed by atoms with Crippen molar-refractivity contribution in [2.75, 3.05) is 6.61 Å². The number of hydrogen-bond donors (Lipinski definition) is 2. The number of aliphatic hydroxyl groups is 1. The van der Waals surface area contributed by atoms with Gasteiger partial charge in [-0.15, -0.1) is 0 Å². The molecule has 1 unspecified atom stereocenters. The summed E-state index contributed by atoms with van der Waals surface area (Å²) in [4.78, 5) is 4.46. The Hall–Kier alpha value is -0.940. The first-order valence-electron chi connectivity index (χ1n) is 8.33. The lowest BCUT2D eigenvalue weighted by Crippen LogP contribution is -2.43. The van der Waals surface area contributed by atoms with Crippen LogP contribution < -0.4 is 5.32 Å². The minimum atomic E-state index is 0.257. The van der Waals surface area contributed by atoms with Gasteiger partial charge in [-0.25, -0.2) is 0 Å². The van der Waals surface area contributed by atoms with Gasteiger partial charge in [0.15, 0.2) is 5.82 Å². The van der Waals surface area contributed by atoms with E-state index < -0.39 is 0 Å². The molecule has 0 amide bonds. The van der Waals surface area contributed by atoms with Crippen molar-refractivity contribution in [1.82, 2.24) is 15.5 Å². The van der Waals surface area contributed by atoms with Gasteiger partial charge in [-0.1, -0.05) is 25.9 Å². The smallest absolute Gasteiger partial charge is 0.229 e. The predicted molar refractivity (Wildman–Crippen MR) is 82.1 cm³/mol. The SMILES string of the molecule is CCc1noc(C2CCC(NC(CCO)C(C)C)CC2)n1. The summed E-state index contributed by atoms with van der Waals surface area (Å²) in [6.45, 7) is 6.73. The third-order valence-corrected chi connectivity index (χ3v) is 4.57. The van der Waals surface area contributed by atoms with E-state index in [1.165, 1.54) is 0 Å². The summed E-state index contributed by atoms with van der Waals surface area (Å²) < 4.78 is 5.37. The van der Waals surface area contributed by atoms with Gasteiger partial charge in [0.2, 0.25) is 5.89 Å². The summed E-state index contributed by atoms with van der Waals surface area (Å²) in [6.07, 6.45) is 6.16. The Morgan fingerprint density at radius 1 is 1.29 bits per heavy atom. The van der Waals surface area contributed by atoms with E-state index in [2.05, 4.69) is 29.3 Å². The average molecular weight is 295 g/mol. The molecule has 0 aliphatic heterocycles. The Labute approximate surface area is 127 Å². The van der Waals surface area contributed by atoms with Gasteiger partial charge < -0.3 is 14.9 Å². The molecule has 0 bridgehead atoms. The number of aliphatic hydroxyl groups excluding tert-OH is 1. The van der Waals surface area contributed by atoms with Crippen molar-refractivity contribution in [2.45, 2.75) is 77.3 Å². The van der Waals surface area contributed by atoms with E-state index in [0.29, 0.717) is 23.9 Å². The van der Waals surface area contributed by atoms with Crippen LogP contribution in [0, 0.1) is 5.92 Å². The van der Waals surface area contributed by atoms with Crippen molar-refractivity contribution >= 4 is 0 Å². The Morgan fingerprint density at radius 2 is 2.00 bits per heavy atom. The van der Waals surface area contributed by atoms with Crippen LogP contribution in [-0.2, 0) is 6.42 Å². The molecule has 0 radical (unpaired) electrons. The van der Waals surface area contributed by atoms with Gasteiger partial charge in [0, 0.05) is 31.0 Å². The number of aromatic nitrogens is 2. The van der Waals surface area contributed by atoms with Gasteiger partial charge in [-0.2, -0.15) is 4.98 Å². The molecule has 1 aromatic heterocycles. The van der Waals surface area contributed by atoms with Crippen LogP contribution in [0.15, 0.2) is 4.52 Å². The molecule has 0 aromatic carbocycles. The Balaban J connectivity index is 1.82. The molecular weight excluding hydrogens is 266 g/mol. The topological polar surface area (TPSA) is 71.2 Å². The van der Waals surface area contributed by atoms with Gasteiger partial charge in [-0.05, 0) is 38.0 Å². The van der Waals surface area contributed by atoms with Crippen LogP contribution in [-0.4, -0.2) is 33.9 Å². The number of nitrogens with one attached hydrogen (secondary N) is 1. The zero-order valence-corrected chi connectivity index (χ0v) is 13.5. The van der Waals surface area contributed by atoms with Crippen LogP contribution in [0.25, 0.3) is 0 Å². The summed E-state index contributed by atoms with van der Waals surface area (Å²) >= 11 is 0. The Morgan fingerprint density at radius 3 is 2.52 bits per heavy atom. The molecule has 1 aliphatic carbocycles. The number of aryl methyl sites for hydroxylation is 1. The second-order valence-corrected chi connectivity index (χ2v) is 6.48. The van der Waals surface area contributed by atoms with E-state index >= 15 is 0 Å². The van der Waals surface area contributed by atoms with Crippen LogP contribution in [0.5, 0.6) is 0 Å². The van der Waals surface area contributed by atoms with Crippen molar-refractivity contribution in [3.8, 4) is 0 Å². The monoisotopic (exact) mass is 295 g/mol. The van der Waals surface area contributed by atoms with E-state index in [4.69, 9.17) is 9.63 Å². The summed E-state index contributed by atoms with van der Waals surface area (Å²) in [6, 6.07) is 0.959. The quantitative estimate of drug-likeness (QED) is 0.809. The second kappa shape index (κ2) is 7.90. The molecule has 0 spiro atoms. The van der Waals surface area contributed by atoms with E-state index in [1.54, 1.807) is 0 Å². The third-order valence-electron chi connectivity index (χ3n) is 4.57. The molecule has 5 nitrogen and oxygen atoms in total. The number of rotatable bonds is 7. The highest BCUT2D eigenvalue weighted by Gasteiger charge is 2.27. The molecule has 2 N–H and O–H groups in total. The highest BCUT2D eigenvalue weighted by molar-refractivity contribution is 4.97. The fourth-order valence-corrected chi connectivity index (χ4v) is 3.13. The van der Waals surface area contributed by atoms with Crippen LogP contribution in [0.3, 0.4) is 0 Å². The maximum atomic E-state index is 9.16. The van der Waals surface area contributed by atoms with Crippen LogP contribution >= 0.6 is 0 Å². The molecule has 1 fully saturated rings. The lowest BCUT2D eigenvalue weighted by Gasteiger charge is -2.32. The predicted octanol–water partition coefficient (Wildman–Crippen LogP) is 2.65. The molecule has 1 saturated carbocycles. The highest BCUT2D eigenvalue weighted by atomic mass is 16.5. The molecule has 2 rings (SSSR count). The first-order chi connectivity index (χ1) is 10.1. The van der Waals surface area contributed by atoms with E-state index in [1.807, 2.05) is 6.92 Å². The minimum absolute atomic E-state index is 0.257. The third kappa shape index (κ3) is 4.51. The van der Waals surface area contributed by atoms with Crippen LogP contribution in [0.4, 0.5) is 0 Å². The zero-order valence-electron chi connectivity index (χ0n) is 13.5. The second-order valence-electron chi connectivity index (χ2n) is 6.48. The average Bonchev–Trinajstić information content (AvgIpc) is 2.96. The molecule has 1 aromatic rings. The molecule has 120 valence electrons. The first kappa shape index (κ1) is 16.4. The Kier molecular flexibility index (Phi) is 6.18. The van der Waals surface area contributed by atoms with Gasteiger partial charge in [0.25, 0.3) is 0 Å². The van der Waals surface area contributed by atoms with Crippen molar-refractivity contribution < 1.29 is 9.63 Å². The van der Waals surface area contributed by atoms with E-state index in [-0.39, 0.29) is 6.61 Å². The lowest BCUT2D eigenvalue weighted by atomic mass is 9.85. The van der Waals surface area contributed by atoms with Gasteiger partial charge in [0.1, 0.15) is 0 Å². The first-order valence-corrected chi connectivity index (χ1v) is 8.33. The summed E-state index contributed by atoms with van der Waals surface area (Å²) in [5, 5.41) is 16.9. The summed E-state index contributed by atoms with van der Waals surface area (Å²) in [5.74, 6) is 2.61. The van der Waals surface area contributed by atoms with E-state index in [0.717, 1.165) is 50.2 Å². The van der Waals surface area contributed by atoms with Crippen molar-refractivity contribution in [2.24, 2.45) is 5.92 Å². The summed E-state index contributed by atoms with van der Waals surface area (Å²) in [7, 11) is 0. The zero-order chi connectivity index (χ0) is 15.2. The molecule has 21 heavy (non-hydrogen) atoms. The largest absolute Gasteiger partial charge is 0.396 e. The lowest BCUT2D eigenvalue weighted by molar-refractivity contribution is 0.213. The van der Waals surface area contributed by atoms with Crippen molar-refractivity contribution in [3.63, 3.8) is 0 Å². The maximum Gasteiger partial charge on any atom is 0.229 e. The van der Waals surface area contributed by atoms with Gasteiger partial charge >= 0.3 is 0 Å². The number of nitrogens with zero attached hydrogens (tertiary/aromatic N) is 2. The standard InChI is InChI=1S/C16H29N3O2/c1-4-15-18-16(21-19-15)12-5-7-13(8-6-12)17-14(9-10-20)11(2)3/h11-14,17,20H,4-10H2,1-3H3. The molecule has 1 heterocycles. The number of hydrogen-bond acceptors (Lipinski definition) is 5. The van der Waals surface area contributed by atoms with Gasteiger partial charge in [-0.3, -0.25) is 0 Å². The normalized spacial score (nSPS) is 24.4. The molecular formula is C16H29N3O2. The Bertz CT molecular complexity index is 411. The molecule has 5 heteroatoms. The molecule has 1 atom stereocenters. The van der Waals surface area contributed by atoms with Gasteiger partial charge in [0.05, 0.1) is 0 Å². The summed E-state index contributed by atoms with van der Waals surface area (Å²) in [5.41, 5.74) is 0. The van der Waals surface area contributed by atoms with Crippen LogP contribution in [0.1, 0.15) is 70.5 Å². The highest BCUT2D eigenvalue weighted by Crippen LogP contribution is 2.32. The molecule has 0 saturated heterocycles. The fraction of sp³-hybridized carbons (Fsp3) is 0.875. The van der Waals surface area contributed by atoms with Crippen molar-refractivity contribution in [3.05, 3.63) is 11.7 Å².